The highest BCUT2D eigenvalue weighted by molar-refractivity contribution is 5.98. The normalized spacial score (nSPS) is 18.9. The largest absolute Gasteiger partial charge is 0.443 e. The second-order valence-electron chi connectivity index (χ2n) is 7.15. The summed E-state index contributed by atoms with van der Waals surface area (Å²) in [5, 5.41) is 0. The van der Waals surface area contributed by atoms with E-state index in [0.717, 1.165) is 5.56 Å². The van der Waals surface area contributed by atoms with E-state index >= 15 is 0 Å². The zero-order valence-corrected chi connectivity index (χ0v) is 16.4. The molecule has 10 nitrogen and oxygen atoms in total. The van der Waals surface area contributed by atoms with Crippen LogP contribution in [0.5, 0.6) is 0 Å². The monoisotopic (exact) mass is 405 g/mol. The van der Waals surface area contributed by atoms with E-state index in [1.165, 1.54) is 29.8 Å². The molecule has 0 aromatic carbocycles. The number of Topliss-reactive ketones (excluding diaryl/α,β-unsaturated/α-hetero) is 1. The van der Waals surface area contributed by atoms with Crippen LogP contribution in [0.1, 0.15) is 35.1 Å². The highest BCUT2D eigenvalue weighted by Crippen LogP contribution is 2.32. The summed E-state index contributed by atoms with van der Waals surface area (Å²) in [4.78, 5) is 47.3. The summed E-state index contributed by atoms with van der Waals surface area (Å²) in [6.07, 6.45) is 7.62. The van der Waals surface area contributed by atoms with E-state index in [4.69, 9.17) is 10.2 Å². The van der Waals surface area contributed by atoms with Gasteiger partial charge in [-0.15, -0.1) is 0 Å². The van der Waals surface area contributed by atoms with Gasteiger partial charge in [0.2, 0.25) is 11.8 Å². The molecule has 4 rings (SSSR count). The smallest absolute Gasteiger partial charge is 0.246 e. The summed E-state index contributed by atoms with van der Waals surface area (Å²) in [6, 6.07) is 3.50. The van der Waals surface area contributed by atoms with E-state index in [1.807, 2.05) is 0 Å². The predicted octanol–water partition coefficient (Wildman–Crippen LogP) is 1.34. The number of nitrogens with zero attached hydrogens (tertiary/aromatic N) is 6. The van der Waals surface area contributed by atoms with Gasteiger partial charge >= 0.3 is 0 Å². The highest BCUT2D eigenvalue weighted by Gasteiger charge is 2.37. The van der Waals surface area contributed by atoms with Crippen molar-refractivity contribution in [3.8, 4) is 11.6 Å². The SMILES string of the molecule is CN1C(=O)CC(C)(c2cc(CC(=O)c3cnc(-c4ncco4)cn3)ccn2)N=C1N. The van der Waals surface area contributed by atoms with Gasteiger partial charge in [-0.1, -0.05) is 0 Å². The van der Waals surface area contributed by atoms with Crippen LogP contribution in [0.2, 0.25) is 0 Å². The molecule has 4 heterocycles. The Morgan fingerprint density at radius 3 is 2.73 bits per heavy atom. The Bertz CT molecular complexity index is 1130. The van der Waals surface area contributed by atoms with Crippen molar-refractivity contribution in [2.24, 2.45) is 10.7 Å². The summed E-state index contributed by atoms with van der Waals surface area (Å²) in [6.45, 7) is 1.80. The molecular formula is C20H19N7O3. The van der Waals surface area contributed by atoms with Crippen molar-refractivity contribution in [2.75, 3.05) is 7.05 Å². The van der Waals surface area contributed by atoms with E-state index in [0.29, 0.717) is 17.3 Å². The summed E-state index contributed by atoms with van der Waals surface area (Å²) in [5.74, 6) is 0.125. The summed E-state index contributed by atoms with van der Waals surface area (Å²) in [5.41, 5.74) is 6.96. The molecule has 1 atom stereocenters. The first-order valence-electron chi connectivity index (χ1n) is 9.18. The fraction of sp³-hybridized carbons (Fsp3) is 0.250. The summed E-state index contributed by atoms with van der Waals surface area (Å²) in [7, 11) is 1.58. The molecule has 2 N–H and O–H groups in total. The lowest BCUT2D eigenvalue weighted by atomic mass is 9.90. The number of nitrogens with two attached hydrogens (primary N) is 1. The van der Waals surface area contributed by atoms with E-state index in [1.54, 1.807) is 32.3 Å². The van der Waals surface area contributed by atoms with E-state index in [2.05, 4.69) is 24.9 Å². The molecule has 10 heteroatoms. The average Bonchev–Trinajstić information content (AvgIpc) is 3.27. The van der Waals surface area contributed by atoms with Crippen LogP contribution in [0.25, 0.3) is 11.6 Å². The summed E-state index contributed by atoms with van der Waals surface area (Å²) >= 11 is 0. The Kier molecular flexibility index (Phi) is 4.82. The van der Waals surface area contributed by atoms with Crippen LogP contribution in [0.15, 0.2) is 52.6 Å². The zero-order chi connectivity index (χ0) is 21.3. The number of rotatable bonds is 5. The molecule has 1 unspecified atom stereocenters. The molecule has 0 saturated carbocycles. The Balaban J connectivity index is 1.53. The minimum absolute atomic E-state index is 0.103. The predicted molar refractivity (Wildman–Crippen MR) is 106 cm³/mol. The topological polar surface area (TPSA) is 140 Å². The number of amides is 1. The number of carbonyl (C=O) groups excluding carboxylic acids is 2. The van der Waals surface area contributed by atoms with Gasteiger partial charge in [-0.05, 0) is 24.6 Å². The van der Waals surface area contributed by atoms with Gasteiger partial charge in [-0.2, -0.15) is 0 Å². The molecule has 0 spiro atoms. The van der Waals surface area contributed by atoms with Crippen LogP contribution in [0.3, 0.4) is 0 Å². The molecule has 0 fully saturated rings. The Hall–Kier alpha value is -3.95. The molecule has 0 aliphatic carbocycles. The minimum atomic E-state index is -0.885. The van der Waals surface area contributed by atoms with Crippen molar-refractivity contribution in [1.82, 2.24) is 24.8 Å². The molecule has 152 valence electrons. The standard InChI is InChI=1S/C20H19N7O3/c1-20(9-17(29)27(2)19(21)26-20)16-8-12(3-4-22-16)7-15(28)13-10-25-14(11-24-13)18-23-5-6-30-18/h3-6,8,10-11H,7,9H2,1-2H3,(H2,21,26). The van der Waals surface area contributed by atoms with Gasteiger partial charge in [0.05, 0.1) is 30.7 Å². The lowest BCUT2D eigenvalue weighted by Crippen LogP contribution is -2.47. The molecular weight excluding hydrogens is 386 g/mol. The van der Waals surface area contributed by atoms with Crippen LogP contribution in [-0.4, -0.2) is 49.5 Å². The molecule has 3 aromatic heterocycles. The Morgan fingerprint density at radius 1 is 1.23 bits per heavy atom. The number of pyridine rings is 1. The van der Waals surface area contributed by atoms with Crippen LogP contribution in [0, 0.1) is 0 Å². The number of hydrogen-bond acceptors (Lipinski definition) is 9. The van der Waals surface area contributed by atoms with Gasteiger partial charge in [0.1, 0.15) is 23.2 Å². The van der Waals surface area contributed by atoms with Crippen LogP contribution in [0.4, 0.5) is 0 Å². The van der Waals surface area contributed by atoms with Gasteiger partial charge in [-0.25, -0.2) is 19.9 Å². The van der Waals surface area contributed by atoms with Crippen LogP contribution < -0.4 is 5.73 Å². The van der Waals surface area contributed by atoms with Crippen molar-refractivity contribution >= 4 is 17.6 Å². The number of guanidine groups is 1. The number of aliphatic imine (C=N–C) groups is 1. The second-order valence-corrected chi connectivity index (χ2v) is 7.15. The van der Waals surface area contributed by atoms with Gasteiger partial charge in [0.25, 0.3) is 0 Å². The van der Waals surface area contributed by atoms with Gasteiger partial charge in [0, 0.05) is 19.7 Å². The molecule has 3 aromatic rings. The maximum Gasteiger partial charge on any atom is 0.246 e. The highest BCUT2D eigenvalue weighted by atomic mass is 16.3. The van der Waals surface area contributed by atoms with Crippen molar-refractivity contribution < 1.29 is 14.0 Å². The van der Waals surface area contributed by atoms with Gasteiger partial charge < -0.3 is 10.2 Å². The first-order valence-corrected chi connectivity index (χ1v) is 9.18. The van der Waals surface area contributed by atoms with Crippen LogP contribution in [-0.2, 0) is 16.8 Å². The maximum absolute atomic E-state index is 12.7. The first-order chi connectivity index (χ1) is 14.4. The molecule has 0 radical (unpaired) electrons. The van der Waals surface area contributed by atoms with Crippen molar-refractivity contribution in [3.63, 3.8) is 0 Å². The van der Waals surface area contributed by atoms with E-state index in [-0.39, 0.29) is 36.2 Å². The lowest BCUT2D eigenvalue weighted by Gasteiger charge is -2.32. The summed E-state index contributed by atoms with van der Waals surface area (Å²) < 4.78 is 5.17. The van der Waals surface area contributed by atoms with Gasteiger partial charge in [0.15, 0.2) is 11.7 Å². The first kappa shape index (κ1) is 19.4. The Morgan fingerprint density at radius 2 is 2.07 bits per heavy atom. The van der Waals surface area contributed by atoms with Crippen molar-refractivity contribution in [3.05, 3.63) is 60.1 Å². The molecule has 0 saturated heterocycles. The third kappa shape index (κ3) is 3.66. The lowest BCUT2D eigenvalue weighted by molar-refractivity contribution is -0.128. The molecule has 30 heavy (non-hydrogen) atoms. The number of hydrogen-bond donors (Lipinski definition) is 1. The molecule has 1 amide bonds. The van der Waals surface area contributed by atoms with Gasteiger partial charge in [-0.3, -0.25) is 19.5 Å². The second kappa shape index (κ2) is 7.47. The molecule has 0 bridgehead atoms. The minimum Gasteiger partial charge on any atom is -0.443 e. The number of aromatic nitrogens is 4. The zero-order valence-electron chi connectivity index (χ0n) is 16.4. The fourth-order valence-electron chi connectivity index (χ4n) is 3.14. The molecule has 1 aliphatic heterocycles. The number of carbonyl (C=O) groups is 2. The van der Waals surface area contributed by atoms with Crippen molar-refractivity contribution in [2.45, 2.75) is 25.3 Å². The third-order valence-electron chi connectivity index (χ3n) is 4.90. The third-order valence-corrected chi connectivity index (χ3v) is 4.90. The average molecular weight is 405 g/mol. The Labute approximate surface area is 171 Å². The van der Waals surface area contributed by atoms with Crippen molar-refractivity contribution in [1.29, 1.82) is 0 Å². The maximum atomic E-state index is 12.7. The molecule has 1 aliphatic rings. The van der Waals surface area contributed by atoms with Crippen LogP contribution >= 0.6 is 0 Å². The van der Waals surface area contributed by atoms with E-state index < -0.39 is 5.54 Å². The number of ketones is 1. The number of oxazole rings is 1. The fourth-order valence-corrected chi connectivity index (χ4v) is 3.14. The van der Waals surface area contributed by atoms with E-state index in [9.17, 15) is 9.59 Å². The quantitative estimate of drug-likeness (QED) is 0.627.